The first-order valence-corrected chi connectivity index (χ1v) is 5.19. The lowest BCUT2D eigenvalue weighted by atomic mass is 10.1. The lowest BCUT2D eigenvalue weighted by Crippen LogP contribution is -2.07. The zero-order valence-corrected chi connectivity index (χ0v) is 9.68. The summed E-state index contributed by atoms with van der Waals surface area (Å²) in [5, 5.41) is 0. The quantitative estimate of drug-likeness (QED) is 0.754. The number of hydrogen-bond acceptors (Lipinski definition) is 4. The molecule has 4 heteroatoms. The molecule has 0 aliphatic rings. The van der Waals surface area contributed by atoms with Crippen LogP contribution in [0.15, 0.2) is 36.5 Å². The topological polar surface area (TPSA) is 52.1 Å². The third-order valence-corrected chi connectivity index (χ3v) is 2.36. The first-order valence-electron chi connectivity index (χ1n) is 5.19. The fourth-order valence-electron chi connectivity index (χ4n) is 1.55. The van der Waals surface area contributed by atoms with Crippen molar-refractivity contribution in [3.05, 3.63) is 53.6 Å². The number of carbonyl (C=O) groups excluding carboxylic acids is 1. The van der Waals surface area contributed by atoms with E-state index < -0.39 is 0 Å². The maximum Gasteiger partial charge on any atom is 0.215 e. The number of methoxy groups -OCH3 is 1. The summed E-state index contributed by atoms with van der Waals surface area (Å²) in [4.78, 5) is 20.3. The van der Waals surface area contributed by atoms with Crippen LogP contribution in [-0.2, 0) is 0 Å². The fraction of sp³-hybridized carbons (Fsp3) is 0.154. The Hall–Kier alpha value is -2.23. The predicted octanol–water partition coefficient (Wildman–Crippen LogP) is 2.02. The molecule has 0 amide bonds. The molecule has 1 aromatic carbocycles. The van der Waals surface area contributed by atoms with Gasteiger partial charge in [-0.3, -0.25) is 4.79 Å². The average Bonchev–Trinajstić information content (AvgIpc) is 2.38. The molecule has 2 rings (SSSR count). The highest BCUT2D eigenvalue weighted by Gasteiger charge is 2.15. The van der Waals surface area contributed by atoms with Crippen molar-refractivity contribution in [3.63, 3.8) is 0 Å². The van der Waals surface area contributed by atoms with Crippen molar-refractivity contribution in [2.75, 3.05) is 7.11 Å². The summed E-state index contributed by atoms with van der Waals surface area (Å²) in [6.07, 6.45) is 1.57. The number of aryl methyl sites for hydroxylation is 1. The molecule has 0 atom stereocenters. The number of nitrogens with zero attached hydrogens (tertiary/aromatic N) is 2. The van der Waals surface area contributed by atoms with Gasteiger partial charge in [0.1, 0.15) is 17.3 Å². The Morgan fingerprint density at radius 3 is 2.71 bits per heavy atom. The highest BCUT2D eigenvalue weighted by atomic mass is 16.5. The number of ketones is 1. The van der Waals surface area contributed by atoms with E-state index in [1.807, 2.05) is 6.07 Å². The molecule has 0 aliphatic carbocycles. The van der Waals surface area contributed by atoms with Crippen molar-refractivity contribution in [2.45, 2.75) is 6.92 Å². The molecule has 17 heavy (non-hydrogen) atoms. The Labute approximate surface area is 99.3 Å². The molecule has 1 heterocycles. The van der Waals surface area contributed by atoms with Gasteiger partial charge in [0, 0.05) is 6.20 Å². The first-order chi connectivity index (χ1) is 8.22. The Kier molecular flexibility index (Phi) is 3.14. The zero-order chi connectivity index (χ0) is 12.3. The van der Waals surface area contributed by atoms with Crippen LogP contribution >= 0.6 is 0 Å². The van der Waals surface area contributed by atoms with Crippen molar-refractivity contribution in [2.24, 2.45) is 0 Å². The Balaban J connectivity index is 2.44. The summed E-state index contributed by atoms with van der Waals surface area (Å²) < 4.78 is 5.15. The summed E-state index contributed by atoms with van der Waals surface area (Å²) in [7, 11) is 1.54. The summed E-state index contributed by atoms with van der Waals surface area (Å²) in [5.41, 5.74) is 0.884. The normalized spacial score (nSPS) is 10.0. The average molecular weight is 228 g/mol. The third kappa shape index (κ3) is 2.30. The molecule has 86 valence electrons. The van der Waals surface area contributed by atoms with Crippen LogP contribution in [0.2, 0.25) is 0 Å². The van der Waals surface area contributed by atoms with Gasteiger partial charge in [-0.15, -0.1) is 0 Å². The molecular weight excluding hydrogens is 216 g/mol. The summed E-state index contributed by atoms with van der Waals surface area (Å²) in [6.45, 7) is 1.75. The SMILES string of the molecule is COc1ccccc1C(=O)c1ccnc(C)n1. The number of carbonyl (C=O) groups is 1. The summed E-state index contributed by atoms with van der Waals surface area (Å²) in [6, 6.07) is 8.69. The van der Waals surface area contributed by atoms with E-state index in [0.29, 0.717) is 22.8 Å². The zero-order valence-electron chi connectivity index (χ0n) is 9.68. The fourth-order valence-corrected chi connectivity index (χ4v) is 1.55. The van der Waals surface area contributed by atoms with E-state index in [0.717, 1.165) is 0 Å². The van der Waals surface area contributed by atoms with Crippen LogP contribution in [0, 0.1) is 6.92 Å². The predicted molar refractivity (Wildman–Crippen MR) is 63.2 cm³/mol. The second-order valence-corrected chi connectivity index (χ2v) is 3.52. The minimum Gasteiger partial charge on any atom is -0.496 e. The van der Waals surface area contributed by atoms with Gasteiger partial charge >= 0.3 is 0 Å². The van der Waals surface area contributed by atoms with Crippen LogP contribution in [0.5, 0.6) is 5.75 Å². The van der Waals surface area contributed by atoms with E-state index in [2.05, 4.69) is 9.97 Å². The summed E-state index contributed by atoms with van der Waals surface area (Å²) in [5.74, 6) is 0.965. The van der Waals surface area contributed by atoms with Gasteiger partial charge in [0.25, 0.3) is 0 Å². The minimum atomic E-state index is -0.159. The third-order valence-electron chi connectivity index (χ3n) is 2.36. The number of hydrogen-bond donors (Lipinski definition) is 0. The molecular formula is C13H12N2O2. The van der Waals surface area contributed by atoms with E-state index >= 15 is 0 Å². The highest BCUT2D eigenvalue weighted by molar-refractivity contribution is 6.09. The Bertz CT molecular complexity index is 553. The first kappa shape index (κ1) is 11.3. The minimum absolute atomic E-state index is 0.159. The van der Waals surface area contributed by atoms with E-state index in [1.165, 1.54) is 7.11 Å². The number of benzene rings is 1. The molecule has 2 aromatic rings. The number of para-hydroxylation sites is 1. The van der Waals surface area contributed by atoms with Crippen molar-refractivity contribution in [1.29, 1.82) is 0 Å². The van der Waals surface area contributed by atoms with Gasteiger partial charge in [0.15, 0.2) is 0 Å². The molecule has 0 bridgehead atoms. The Morgan fingerprint density at radius 2 is 2.00 bits per heavy atom. The largest absolute Gasteiger partial charge is 0.496 e. The molecule has 0 spiro atoms. The lowest BCUT2D eigenvalue weighted by Gasteiger charge is -2.06. The van der Waals surface area contributed by atoms with Crippen molar-refractivity contribution >= 4 is 5.78 Å². The molecule has 0 saturated carbocycles. The van der Waals surface area contributed by atoms with E-state index in [-0.39, 0.29) is 5.78 Å². The van der Waals surface area contributed by atoms with E-state index in [1.54, 1.807) is 37.4 Å². The molecule has 0 aliphatic heterocycles. The van der Waals surface area contributed by atoms with Crippen molar-refractivity contribution in [3.8, 4) is 5.75 Å². The van der Waals surface area contributed by atoms with Gasteiger partial charge < -0.3 is 4.74 Å². The number of aromatic nitrogens is 2. The lowest BCUT2D eigenvalue weighted by molar-refractivity contribution is 0.103. The van der Waals surface area contributed by atoms with E-state index in [9.17, 15) is 4.79 Å². The standard InChI is InChI=1S/C13H12N2O2/c1-9-14-8-7-11(15-9)13(16)10-5-3-4-6-12(10)17-2/h3-8H,1-2H3. The van der Waals surface area contributed by atoms with Gasteiger partial charge in [-0.25, -0.2) is 9.97 Å². The highest BCUT2D eigenvalue weighted by Crippen LogP contribution is 2.20. The second-order valence-electron chi connectivity index (χ2n) is 3.52. The second kappa shape index (κ2) is 4.74. The van der Waals surface area contributed by atoms with Crippen LogP contribution in [0.3, 0.4) is 0 Å². The van der Waals surface area contributed by atoms with E-state index in [4.69, 9.17) is 4.74 Å². The van der Waals surface area contributed by atoms with Crippen LogP contribution in [0.1, 0.15) is 21.9 Å². The van der Waals surface area contributed by atoms with Gasteiger partial charge in [0.2, 0.25) is 5.78 Å². The molecule has 0 fully saturated rings. The maximum absolute atomic E-state index is 12.2. The van der Waals surface area contributed by atoms with Gasteiger partial charge in [0.05, 0.1) is 12.7 Å². The molecule has 0 saturated heterocycles. The van der Waals surface area contributed by atoms with Crippen LogP contribution in [-0.4, -0.2) is 22.9 Å². The molecule has 0 N–H and O–H groups in total. The van der Waals surface area contributed by atoms with Crippen molar-refractivity contribution in [1.82, 2.24) is 9.97 Å². The maximum atomic E-state index is 12.2. The molecule has 4 nitrogen and oxygen atoms in total. The molecule has 0 radical (unpaired) electrons. The smallest absolute Gasteiger partial charge is 0.215 e. The van der Waals surface area contributed by atoms with Gasteiger partial charge in [-0.1, -0.05) is 12.1 Å². The van der Waals surface area contributed by atoms with Crippen molar-refractivity contribution < 1.29 is 9.53 Å². The van der Waals surface area contributed by atoms with Crippen LogP contribution in [0.4, 0.5) is 0 Å². The van der Waals surface area contributed by atoms with Crippen LogP contribution in [0.25, 0.3) is 0 Å². The summed E-state index contributed by atoms with van der Waals surface area (Å²) >= 11 is 0. The monoisotopic (exact) mass is 228 g/mol. The van der Waals surface area contributed by atoms with Gasteiger partial charge in [-0.2, -0.15) is 0 Å². The number of ether oxygens (including phenoxy) is 1. The Morgan fingerprint density at radius 1 is 1.24 bits per heavy atom. The van der Waals surface area contributed by atoms with Crippen LogP contribution < -0.4 is 4.74 Å². The molecule has 0 unspecified atom stereocenters. The molecule has 1 aromatic heterocycles. The van der Waals surface area contributed by atoms with Gasteiger partial charge in [-0.05, 0) is 25.1 Å². The number of rotatable bonds is 3.